The molecule has 0 atom stereocenters. The lowest BCUT2D eigenvalue weighted by Gasteiger charge is -2.04. The summed E-state index contributed by atoms with van der Waals surface area (Å²) in [6.07, 6.45) is 0. The van der Waals surface area contributed by atoms with Crippen LogP contribution in [0.4, 0.5) is 0 Å². The van der Waals surface area contributed by atoms with Gasteiger partial charge in [-0.15, -0.1) is 12.6 Å². The van der Waals surface area contributed by atoms with Crippen LogP contribution in [0.5, 0.6) is 0 Å². The minimum Gasteiger partial charge on any atom is -0.372 e. The molecule has 0 N–H and O–H groups in total. The van der Waals surface area contributed by atoms with E-state index < -0.39 is 0 Å². The topological polar surface area (TPSA) is 9.23 Å². The molecule has 16 heavy (non-hydrogen) atoms. The van der Waals surface area contributed by atoms with Gasteiger partial charge in [-0.05, 0) is 23.3 Å². The molecule has 0 saturated carbocycles. The molecular formula is C14H14OS. The summed E-state index contributed by atoms with van der Waals surface area (Å²) in [6, 6.07) is 18.2. The maximum absolute atomic E-state index is 5.62. The fraction of sp³-hybridized carbons (Fsp3) is 0.143. The van der Waals surface area contributed by atoms with Gasteiger partial charge in [0, 0.05) is 4.90 Å². The quantitative estimate of drug-likeness (QED) is 0.788. The average Bonchev–Trinajstić information content (AvgIpc) is 2.33. The average molecular weight is 230 g/mol. The molecule has 0 heterocycles. The normalized spacial score (nSPS) is 10.3. The Balaban J connectivity index is 1.82. The first-order valence-electron chi connectivity index (χ1n) is 5.24. The van der Waals surface area contributed by atoms with E-state index in [9.17, 15) is 0 Å². The van der Waals surface area contributed by atoms with Crippen molar-refractivity contribution >= 4 is 12.6 Å². The van der Waals surface area contributed by atoms with Gasteiger partial charge in [0.05, 0.1) is 13.2 Å². The van der Waals surface area contributed by atoms with E-state index in [1.165, 1.54) is 11.1 Å². The second-order valence-electron chi connectivity index (χ2n) is 3.64. The van der Waals surface area contributed by atoms with Crippen molar-refractivity contribution in [3.63, 3.8) is 0 Å². The Morgan fingerprint density at radius 3 is 1.94 bits per heavy atom. The second-order valence-corrected chi connectivity index (χ2v) is 4.16. The molecule has 1 nitrogen and oxygen atoms in total. The summed E-state index contributed by atoms with van der Waals surface area (Å²) in [5, 5.41) is 0. The highest BCUT2D eigenvalue weighted by Crippen LogP contribution is 2.09. The summed E-state index contributed by atoms with van der Waals surface area (Å²) in [5.74, 6) is 0. The highest BCUT2D eigenvalue weighted by atomic mass is 32.1. The lowest BCUT2D eigenvalue weighted by Crippen LogP contribution is -1.93. The zero-order chi connectivity index (χ0) is 11.2. The van der Waals surface area contributed by atoms with Crippen molar-refractivity contribution in [3.8, 4) is 0 Å². The Labute approximate surface area is 101 Å². The van der Waals surface area contributed by atoms with Crippen LogP contribution >= 0.6 is 12.6 Å². The number of thiol groups is 1. The smallest absolute Gasteiger partial charge is 0.0721 e. The van der Waals surface area contributed by atoms with Crippen LogP contribution in [0.15, 0.2) is 59.5 Å². The Morgan fingerprint density at radius 2 is 1.31 bits per heavy atom. The highest BCUT2D eigenvalue weighted by Gasteiger charge is 1.94. The first-order chi connectivity index (χ1) is 7.84. The van der Waals surface area contributed by atoms with Gasteiger partial charge >= 0.3 is 0 Å². The molecule has 0 unspecified atom stereocenters. The zero-order valence-corrected chi connectivity index (χ0v) is 9.86. The Hall–Kier alpha value is -1.25. The summed E-state index contributed by atoms with van der Waals surface area (Å²) >= 11 is 4.24. The first-order valence-corrected chi connectivity index (χ1v) is 5.69. The predicted octanol–water partition coefficient (Wildman–Crippen LogP) is 3.69. The van der Waals surface area contributed by atoms with Crippen LogP contribution in [0.25, 0.3) is 0 Å². The largest absolute Gasteiger partial charge is 0.372 e. The van der Waals surface area contributed by atoms with Gasteiger partial charge in [0.15, 0.2) is 0 Å². The monoisotopic (exact) mass is 230 g/mol. The van der Waals surface area contributed by atoms with E-state index >= 15 is 0 Å². The summed E-state index contributed by atoms with van der Waals surface area (Å²) in [4.78, 5) is 0.979. The zero-order valence-electron chi connectivity index (χ0n) is 8.97. The summed E-state index contributed by atoms with van der Waals surface area (Å²) in [6.45, 7) is 1.30. The molecule has 0 aromatic heterocycles. The molecule has 0 spiro atoms. The molecule has 0 saturated heterocycles. The summed E-state index contributed by atoms with van der Waals surface area (Å²) in [7, 11) is 0. The molecule has 2 heteroatoms. The van der Waals surface area contributed by atoms with Crippen LogP contribution in [0, 0.1) is 0 Å². The number of hydrogen-bond acceptors (Lipinski definition) is 2. The maximum atomic E-state index is 5.62. The van der Waals surface area contributed by atoms with Crippen molar-refractivity contribution in [1.29, 1.82) is 0 Å². The van der Waals surface area contributed by atoms with E-state index in [1.54, 1.807) is 0 Å². The lowest BCUT2D eigenvalue weighted by atomic mass is 10.2. The predicted molar refractivity (Wildman–Crippen MR) is 68.6 cm³/mol. The molecule has 0 fully saturated rings. The van der Waals surface area contributed by atoms with Crippen LogP contribution in [0.3, 0.4) is 0 Å². The van der Waals surface area contributed by atoms with Gasteiger partial charge < -0.3 is 4.74 Å². The standard InChI is InChI=1S/C14H14OS/c16-14-8-6-13(7-9-14)11-15-10-12-4-2-1-3-5-12/h1-9,16H,10-11H2. The van der Waals surface area contributed by atoms with Gasteiger partial charge in [-0.25, -0.2) is 0 Å². The molecule has 2 aromatic carbocycles. The van der Waals surface area contributed by atoms with Crippen LogP contribution < -0.4 is 0 Å². The van der Waals surface area contributed by atoms with Gasteiger partial charge in [-0.2, -0.15) is 0 Å². The molecule has 0 amide bonds. The Bertz CT molecular complexity index is 422. The highest BCUT2D eigenvalue weighted by molar-refractivity contribution is 7.80. The Kier molecular flexibility index (Phi) is 4.03. The van der Waals surface area contributed by atoms with E-state index in [4.69, 9.17) is 4.74 Å². The number of benzene rings is 2. The number of hydrogen-bond donors (Lipinski definition) is 1. The molecule has 2 rings (SSSR count). The third-order valence-electron chi connectivity index (χ3n) is 2.32. The molecular weight excluding hydrogens is 216 g/mol. The minimum atomic E-state index is 0.642. The van der Waals surface area contributed by atoms with Crippen LogP contribution in [0.2, 0.25) is 0 Å². The van der Waals surface area contributed by atoms with Gasteiger partial charge in [0.25, 0.3) is 0 Å². The summed E-state index contributed by atoms with van der Waals surface area (Å²) in [5.41, 5.74) is 2.38. The van der Waals surface area contributed by atoms with Crippen molar-refractivity contribution in [2.45, 2.75) is 18.1 Å². The fourth-order valence-corrected chi connectivity index (χ4v) is 1.60. The summed E-state index contributed by atoms with van der Waals surface area (Å²) < 4.78 is 5.62. The SMILES string of the molecule is Sc1ccc(COCc2ccccc2)cc1. The molecule has 2 aromatic rings. The second kappa shape index (κ2) is 5.73. The van der Waals surface area contributed by atoms with Gasteiger partial charge in [-0.3, -0.25) is 0 Å². The number of rotatable bonds is 4. The molecule has 0 bridgehead atoms. The van der Waals surface area contributed by atoms with E-state index in [0.29, 0.717) is 13.2 Å². The molecule has 0 aliphatic heterocycles. The first kappa shape index (κ1) is 11.2. The maximum Gasteiger partial charge on any atom is 0.0721 e. The van der Waals surface area contributed by atoms with Crippen LogP contribution in [-0.4, -0.2) is 0 Å². The third kappa shape index (κ3) is 3.40. The molecule has 82 valence electrons. The van der Waals surface area contributed by atoms with Crippen molar-refractivity contribution in [1.82, 2.24) is 0 Å². The van der Waals surface area contributed by atoms with Gasteiger partial charge in [0.2, 0.25) is 0 Å². The Morgan fingerprint density at radius 1 is 0.750 bits per heavy atom. The van der Waals surface area contributed by atoms with Crippen molar-refractivity contribution in [3.05, 3.63) is 65.7 Å². The van der Waals surface area contributed by atoms with E-state index in [2.05, 4.69) is 24.8 Å². The molecule has 0 aliphatic carbocycles. The third-order valence-corrected chi connectivity index (χ3v) is 2.61. The number of ether oxygens (including phenoxy) is 1. The van der Waals surface area contributed by atoms with Gasteiger partial charge in [-0.1, -0.05) is 42.5 Å². The van der Waals surface area contributed by atoms with E-state index in [0.717, 1.165) is 4.90 Å². The van der Waals surface area contributed by atoms with Crippen molar-refractivity contribution in [2.24, 2.45) is 0 Å². The van der Waals surface area contributed by atoms with Crippen LogP contribution in [0.1, 0.15) is 11.1 Å². The molecule has 0 aliphatic rings. The van der Waals surface area contributed by atoms with E-state index in [1.807, 2.05) is 42.5 Å². The van der Waals surface area contributed by atoms with E-state index in [-0.39, 0.29) is 0 Å². The van der Waals surface area contributed by atoms with Crippen LogP contribution in [-0.2, 0) is 18.0 Å². The van der Waals surface area contributed by atoms with Crippen molar-refractivity contribution in [2.75, 3.05) is 0 Å². The lowest BCUT2D eigenvalue weighted by molar-refractivity contribution is 0.107. The fourth-order valence-electron chi connectivity index (χ4n) is 1.45. The van der Waals surface area contributed by atoms with Crippen molar-refractivity contribution < 1.29 is 4.74 Å². The molecule has 0 radical (unpaired) electrons. The minimum absolute atomic E-state index is 0.642. The van der Waals surface area contributed by atoms with Gasteiger partial charge in [0.1, 0.15) is 0 Å².